The number of aliphatic hydroxyl groups excluding tert-OH is 1. The fraction of sp³-hybridized carbons (Fsp3) is 0.357. The van der Waals surface area contributed by atoms with E-state index in [1.165, 1.54) is 5.56 Å². The predicted molar refractivity (Wildman–Crippen MR) is 68.6 cm³/mol. The Labute approximate surface area is 110 Å². The monoisotopic (exact) mass is 263 g/mol. The molecular weight excluding hydrogens is 250 g/mol. The number of hydrogen-bond donors (Lipinski definition) is 1. The first-order valence-corrected chi connectivity index (χ1v) is 6.50. The highest BCUT2D eigenvalue weighted by Gasteiger charge is 2.30. The largest absolute Gasteiger partial charge is 0.447 e. The quantitative estimate of drug-likeness (QED) is 0.902. The first-order valence-electron chi connectivity index (χ1n) is 6.13. The molecule has 0 radical (unpaired) electrons. The number of pyridine rings is 1. The highest BCUT2D eigenvalue weighted by molar-refractivity contribution is 6.28. The lowest BCUT2D eigenvalue weighted by atomic mass is 9.82. The molecule has 0 saturated heterocycles. The number of aromatic nitrogens is 1. The molecule has 2 unspecified atom stereocenters. The topological polar surface area (TPSA) is 46.3 Å². The van der Waals surface area contributed by atoms with Crippen LogP contribution >= 0.6 is 11.6 Å². The summed E-state index contributed by atoms with van der Waals surface area (Å²) >= 11 is 5.75. The van der Waals surface area contributed by atoms with E-state index in [-0.39, 0.29) is 5.92 Å². The number of fused-ring (bicyclic) bond motifs is 1. The lowest BCUT2D eigenvalue weighted by molar-refractivity contribution is 0.110. The molecule has 1 aliphatic rings. The minimum atomic E-state index is -0.675. The Bertz CT molecular complexity index is 552. The van der Waals surface area contributed by atoms with Gasteiger partial charge in [-0.05, 0) is 54.6 Å². The van der Waals surface area contributed by atoms with Gasteiger partial charge in [-0.1, -0.05) is 6.07 Å². The van der Waals surface area contributed by atoms with Crippen LogP contribution in [0.15, 0.2) is 34.9 Å². The third-order valence-electron chi connectivity index (χ3n) is 3.51. The molecule has 2 aromatic heterocycles. The second kappa shape index (κ2) is 4.75. The summed E-state index contributed by atoms with van der Waals surface area (Å²) in [4.78, 5) is 4.42. The number of hydrogen-bond acceptors (Lipinski definition) is 3. The van der Waals surface area contributed by atoms with E-state index >= 15 is 0 Å². The molecular formula is C14H14ClNO2. The Morgan fingerprint density at radius 1 is 1.39 bits per heavy atom. The van der Waals surface area contributed by atoms with Crippen molar-refractivity contribution in [3.05, 3.63) is 52.7 Å². The highest BCUT2D eigenvalue weighted by Crippen LogP contribution is 2.39. The van der Waals surface area contributed by atoms with Crippen LogP contribution in [0, 0.1) is 0 Å². The Hall–Kier alpha value is -1.32. The van der Waals surface area contributed by atoms with Crippen LogP contribution in [-0.2, 0) is 6.42 Å². The summed E-state index contributed by atoms with van der Waals surface area (Å²) < 4.78 is 5.30. The average Bonchev–Trinajstić information content (AvgIpc) is 2.84. The van der Waals surface area contributed by atoms with E-state index in [9.17, 15) is 5.11 Å². The van der Waals surface area contributed by atoms with Gasteiger partial charge >= 0.3 is 0 Å². The standard InChI is InChI=1S/C14H14ClNO2/c15-12-7-6-11(18-12)14(17)10-5-1-3-9-4-2-8-16-13(9)10/h2,4,6-8,10,14,17H,1,3,5H2. The van der Waals surface area contributed by atoms with Crippen molar-refractivity contribution in [1.29, 1.82) is 0 Å². The minimum Gasteiger partial charge on any atom is -0.447 e. The van der Waals surface area contributed by atoms with Crippen molar-refractivity contribution < 1.29 is 9.52 Å². The summed E-state index contributed by atoms with van der Waals surface area (Å²) in [5.74, 6) is 0.515. The van der Waals surface area contributed by atoms with Gasteiger partial charge in [0.2, 0.25) is 0 Å². The zero-order valence-electron chi connectivity index (χ0n) is 9.84. The maximum Gasteiger partial charge on any atom is 0.193 e. The Kier molecular flexibility index (Phi) is 3.10. The molecule has 0 amide bonds. The molecule has 3 rings (SSSR count). The first-order chi connectivity index (χ1) is 8.75. The second-order valence-electron chi connectivity index (χ2n) is 4.63. The summed E-state index contributed by atoms with van der Waals surface area (Å²) in [5.41, 5.74) is 2.22. The smallest absolute Gasteiger partial charge is 0.193 e. The van der Waals surface area contributed by atoms with E-state index in [0.717, 1.165) is 25.0 Å². The fourth-order valence-corrected chi connectivity index (χ4v) is 2.79. The predicted octanol–water partition coefficient (Wildman–Crippen LogP) is 3.48. The van der Waals surface area contributed by atoms with Crippen LogP contribution < -0.4 is 0 Å². The molecule has 0 fully saturated rings. The molecule has 0 saturated carbocycles. The van der Waals surface area contributed by atoms with E-state index in [0.29, 0.717) is 11.0 Å². The Balaban J connectivity index is 1.94. The van der Waals surface area contributed by atoms with Gasteiger partial charge in [-0.15, -0.1) is 0 Å². The normalized spacial score (nSPS) is 20.4. The lowest BCUT2D eigenvalue weighted by Gasteiger charge is -2.27. The molecule has 0 aromatic carbocycles. The van der Waals surface area contributed by atoms with Crippen LogP contribution in [0.25, 0.3) is 0 Å². The fourth-order valence-electron chi connectivity index (χ4n) is 2.64. The number of halogens is 1. The number of nitrogens with zero attached hydrogens (tertiary/aromatic N) is 1. The SMILES string of the molecule is OC(c1ccc(Cl)o1)C1CCCc2cccnc21. The van der Waals surface area contributed by atoms with Gasteiger partial charge in [-0.25, -0.2) is 0 Å². The van der Waals surface area contributed by atoms with Crippen LogP contribution in [0.2, 0.25) is 5.22 Å². The second-order valence-corrected chi connectivity index (χ2v) is 5.01. The van der Waals surface area contributed by atoms with Crippen LogP contribution in [0.5, 0.6) is 0 Å². The highest BCUT2D eigenvalue weighted by atomic mass is 35.5. The molecule has 4 heteroatoms. The molecule has 18 heavy (non-hydrogen) atoms. The van der Waals surface area contributed by atoms with Gasteiger partial charge in [0.25, 0.3) is 0 Å². The molecule has 1 N–H and O–H groups in total. The summed E-state index contributed by atoms with van der Waals surface area (Å²) in [5, 5.41) is 10.7. The number of aryl methyl sites for hydroxylation is 1. The van der Waals surface area contributed by atoms with Crippen LogP contribution in [0.4, 0.5) is 0 Å². The van der Waals surface area contributed by atoms with Crippen molar-refractivity contribution in [1.82, 2.24) is 4.98 Å². The average molecular weight is 264 g/mol. The molecule has 2 atom stereocenters. The number of furan rings is 1. The molecule has 2 aromatic rings. The van der Waals surface area contributed by atoms with Gasteiger partial charge in [0.05, 0.1) is 0 Å². The molecule has 3 nitrogen and oxygen atoms in total. The molecule has 2 heterocycles. The van der Waals surface area contributed by atoms with Crippen molar-refractivity contribution in [3.63, 3.8) is 0 Å². The van der Waals surface area contributed by atoms with Gasteiger partial charge in [0.15, 0.2) is 5.22 Å². The summed E-state index contributed by atoms with van der Waals surface area (Å²) in [6, 6.07) is 7.40. The summed E-state index contributed by atoms with van der Waals surface area (Å²) in [6.07, 6.45) is 4.12. The molecule has 0 aliphatic heterocycles. The first kappa shape index (κ1) is 11.8. The van der Waals surface area contributed by atoms with Crippen molar-refractivity contribution in [2.45, 2.75) is 31.3 Å². The van der Waals surface area contributed by atoms with Gasteiger partial charge in [0.1, 0.15) is 11.9 Å². The molecule has 0 spiro atoms. The lowest BCUT2D eigenvalue weighted by Crippen LogP contribution is -2.18. The minimum absolute atomic E-state index is 0.00262. The van der Waals surface area contributed by atoms with E-state index in [1.54, 1.807) is 18.3 Å². The van der Waals surface area contributed by atoms with Crippen molar-refractivity contribution >= 4 is 11.6 Å². The van der Waals surface area contributed by atoms with Gasteiger partial charge in [0, 0.05) is 17.8 Å². The van der Waals surface area contributed by atoms with E-state index in [4.69, 9.17) is 16.0 Å². The maximum absolute atomic E-state index is 10.4. The van der Waals surface area contributed by atoms with Crippen LogP contribution in [0.3, 0.4) is 0 Å². The van der Waals surface area contributed by atoms with Gasteiger partial charge in [-0.2, -0.15) is 0 Å². The van der Waals surface area contributed by atoms with Crippen molar-refractivity contribution in [2.75, 3.05) is 0 Å². The summed E-state index contributed by atoms with van der Waals surface area (Å²) in [6.45, 7) is 0. The maximum atomic E-state index is 10.4. The third kappa shape index (κ3) is 2.04. The zero-order valence-corrected chi connectivity index (χ0v) is 10.6. The van der Waals surface area contributed by atoms with Crippen molar-refractivity contribution in [2.24, 2.45) is 0 Å². The Morgan fingerprint density at radius 2 is 2.28 bits per heavy atom. The zero-order chi connectivity index (χ0) is 12.5. The van der Waals surface area contributed by atoms with E-state index in [1.807, 2.05) is 6.07 Å². The summed E-state index contributed by atoms with van der Waals surface area (Å²) in [7, 11) is 0. The molecule has 0 bridgehead atoms. The van der Waals surface area contributed by atoms with Crippen molar-refractivity contribution in [3.8, 4) is 0 Å². The van der Waals surface area contributed by atoms with Crippen LogP contribution in [-0.4, -0.2) is 10.1 Å². The van der Waals surface area contributed by atoms with Gasteiger partial charge < -0.3 is 9.52 Å². The van der Waals surface area contributed by atoms with E-state index in [2.05, 4.69) is 11.1 Å². The number of rotatable bonds is 2. The number of aliphatic hydroxyl groups is 1. The molecule has 1 aliphatic carbocycles. The van der Waals surface area contributed by atoms with Gasteiger partial charge in [-0.3, -0.25) is 4.98 Å². The van der Waals surface area contributed by atoms with E-state index < -0.39 is 6.10 Å². The van der Waals surface area contributed by atoms with Crippen LogP contribution in [0.1, 0.15) is 41.9 Å². The molecule has 94 valence electrons. The third-order valence-corrected chi connectivity index (χ3v) is 3.71. The Morgan fingerprint density at radius 3 is 3.06 bits per heavy atom.